The van der Waals surface area contributed by atoms with E-state index >= 15 is 0 Å². The third-order valence-corrected chi connectivity index (χ3v) is 5.52. The van der Waals surface area contributed by atoms with Gasteiger partial charge in [0.25, 0.3) is 5.91 Å². The molecule has 0 spiro atoms. The number of para-hydroxylation sites is 1. The number of nitrogens with zero attached hydrogens (tertiary/aromatic N) is 1. The van der Waals surface area contributed by atoms with Crippen molar-refractivity contribution in [2.75, 3.05) is 25.0 Å². The number of carbonyl (C=O) groups is 1. The van der Waals surface area contributed by atoms with Crippen molar-refractivity contribution in [1.82, 2.24) is 4.90 Å². The maximum Gasteiger partial charge on any atom is 0.260 e. The Morgan fingerprint density at radius 1 is 1.07 bits per heavy atom. The summed E-state index contributed by atoms with van der Waals surface area (Å²) >= 11 is 0. The summed E-state index contributed by atoms with van der Waals surface area (Å²) in [4.78, 5) is 15.0. The lowest BCUT2D eigenvalue weighted by molar-refractivity contribution is -0.110. The first kappa shape index (κ1) is 17.8. The molecule has 2 aromatic rings. The highest BCUT2D eigenvalue weighted by molar-refractivity contribution is 6.36. The van der Waals surface area contributed by atoms with Crippen LogP contribution < -0.4 is 5.32 Å². The van der Waals surface area contributed by atoms with E-state index in [1.807, 2.05) is 24.3 Å². The fourth-order valence-corrected chi connectivity index (χ4v) is 3.97. The highest BCUT2D eigenvalue weighted by atomic mass is 16.5. The van der Waals surface area contributed by atoms with Crippen molar-refractivity contribution in [3.63, 3.8) is 0 Å². The van der Waals surface area contributed by atoms with Gasteiger partial charge in [-0.05, 0) is 44.1 Å². The second-order valence-corrected chi connectivity index (χ2v) is 7.11. The van der Waals surface area contributed by atoms with E-state index in [2.05, 4.69) is 42.3 Å². The molecule has 0 unspecified atom stereocenters. The van der Waals surface area contributed by atoms with Gasteiger partial charge in [-0.3, -0.25) is 4.79 Å². The van der Waals surface area contributed by atoms with E-state index < -0.39 is 0 Å². The molecule has 2 aliphatic heterocycles. The summed E-state index contributed by atoms with van der Waals surface area (Å²) in [5, 5.41) is 2.93. The molecule has 2 heterocycles. The molecule has 0 aliphatic carbocycles. The van der Waals surface area contributed by atoms with Crippen molar-refractivity contribution in [3.05, 3.63) is 64.7 Å². The maximum atomic E-state index is 12.5. The Hall–Kier alpha value is -2.59. The Balaban J connectivity index is 1.56. The molecule has 4 nitrogen and oxygen atoms in total. The molecule has 0 atom stereocenters. The molecule has 0 saturated heterocycles. The van der Waals surface area contributed by atoms with Crippen LogP contribution in [-0.4, -0.2) is 30.4 Å². The quantitative estimate of drug-likeness (QED) is 0.779. The molecule has 140 valence electrons. The fraction of sp³-hybridized carbons (Fsp3) is 0.348. The minimum Gasteiger partial charge on any atom is -0.487 e. The van der Waals surface area contributed by atoms with Gasteiger partial charge < -0.3 is 15.0 Å². The zero-order chi connectivity index (χ0) is 18.8. The van der Waals surface area contributed by atoms with Gasteiger partial charge in [0.15, 0.2) is 0 Å². The molecule has 0 aromatic heterocycles. The van der Waals surface area contributed by atoms with Gasteiger partial charge in [-0.1, -0.05) is 50.2 Å². The van der Waals surface area contributed by atoms with Crippen molar-refractivity contribution in [2.45, 2.75) is 33.3 Å². The topological polar surface area (TPSA) is 41.6 Å². The number of carbonyl (C=O) groups excluding carboxylic acids is 1. The van der Waals surface area contributed by atoms with Crippen LogP contribution in [0.5, 0.6) is 0 Å². The SMILES string of the molecule is CCN(CC)CCCc1ccc2c(c1)CO/C2=C1/C(=O)Nc2ccccc21. The lowest BCUT2D eigenvalue weighted by Gasteiger charge is -2.17. The van der Waals surface area contributed by atoms with Crippen LogP contribution in [0, 0.1) is 0 Å². The first-order valence-corrected chi connectivity index (χ1v) is 9.83. The molecule has 0 fully saturated rings. The predicted octanol–water partition coefficient (Wildman–Crippen LogP) is 4.31. The average molecular weight is 362 g/mol. The zero-order valence-corrected chi connectivity index (χ0v) is 16.0. The molecular weight excluding hydrogens is 336 g/mol. The highest BCUT2D eigenvalue weighted by Gasteiger charge is 2.32. The average Bonchev–Trinajstić information content (AvgIpc) is 3.24. The van der Waals surface area contributed by atoms with Crippen LogP contribution >= 0.6 is 0 Å². The minimum atomic E-state index is -0.0812. The normalized spacial score (nSPS) is 17.7. The molecule has 0 saturated carbocycles. The molecular formula is C23H26N2O2. The molecule has 27 heavy (non-hydrogen) atoms. The first-order chi connectivity index (χ1) is 13.2. The summed E-state index contributed by atoms with van der Waals surface area (Å²) in [6.45, 7) is 8.30. The van der Waals surface area contributed by atoms with Crippen LogP contribution in [-0.2, 0) is 22.6 Å². The third-order valence-electron chi connectivity index (χ3n) is 5.52. The third kappa shape index (κ3) is 3.37. The Bertz CT molecular complexity index is 897. The number of fused-ring (bicyclic) bond motifs is 2. The smallest absolute Gasteiger partial charge is 0.260 e. The zero-order valence-electron chi connectivity index (χ0n) is 16.0. The molecule has 4 rings (SSSR count). The second kappa shape index (κ2) is 7.57. The van der Waals surface area contributed by atoms with Crippen molar-refractivity contribution in [1.29, 1.82) is 0 Å². The summed E-state index contributed by atoms with van der Waals surface area (Å²) < 4.78 is 5.98. The van der Waals surface area contributed by atoms with Crippen molar-refractivity contribution in [2.24, 2.45) is 0 Å². The number of nitrogens with one attached hydrogen (secondary N) is 1. The number of hydrogen-bond donors (Lipinski definition) is 1. The van der Waals surface area contributed by atoms with Gasteiger partial charge >= 0.3 is 0 Å². The van der Waals surface area contributed by atoms with E-state index in [1.54, 1.807) is 0 Å². The molecule has 0 bridgehead atoms. The second-order valence-electron chi connectivity index (χ2n) is 7.11. The van der Waals surface area contributed by atoms with Gasteiger partial charge in [0, 0.05) is 22.4 Å². The number of hydrogen-bond acceptors (Lipinski definition) is 3. The Morgan fingerprint density at radius 2 is 1.89 bits per heavy atom. The number of rotatable bonds is 6. The fourth-order valence-electron chi connectivity index (χ4n) is 3.97. The monoisotopic (exact) mass is 362 g/mol. The van der Waals surface area contributed by atoms with Gasteiger partial charge in [0.1, 0.15) is 12.4 Å². The summed E-state index contributed by atoms with van der Waals surface area (Å²) in [7, 11) is 0. The van der Waals surface area contributed by atoms with Gasteiger partial charge in [0.05, 0.1) is 5.57 Å². The van der Waals surface area contributed by atoms with Gasteiger partial charge in [0.2, 0.25) is 0 Å². The number of aryl methyl sites for hydroxylation is 1. The number of anilines is 1. The maximum absolute atomic E-state index is 12.5. The minimum absolute atomic E-state index is 0.0812. The van der Waals surface area contributed by atoms with Gasteiger partial charge in [-0.15, -0.1) is 0 Å². The molecule has 2 aromatic carbocycles. The van der Waals surface area contributed by atoms with E-state index in [0.29, 0.717) is 17.9 Å². The van der Waals surface area contributed by atoms with Crippen molar-refractivity contribution in [3.8, 4) is 0 Å². The number of amides is 1. The molecule has 1 N–H and O–H groups in total. The van der Waals surface area contributed by atoms with Crippen LogP contribution in [0.4, 0.5) is 5.69 Å². The molecule has 2 aliphatic rings. The van der Waals surface area contributed by atoms with Crippen LogP contribution in [0.2, 0.25) is 0 Å². The first-order valence-electron chi connectivity index (χ1n) is 9.83. The van der Waals surface area contributed by atoms with Crippen LogP contribution in [0.15, 0.2) is 42.5 Å². The van der Waals surface area contributed by atoms with Gasteiger partial charge in [-0.2, -0.15) is 0 Å². The lowest BCUT2D eigenvalue weighted by atomic mass is 9.98. The summed E-state index contributed by atoms with van der Waals surface area (Å²) in [5.74, 6) is 0.629. The Morgan fingerprint density at radius 3 is 2.70 bits per heavy atom. The van der Waals surface area contributed by atoms with E-state index in [4.69, 9.17) is 4.74 Å². The van der Waals surface area contributed by atoms with Crippen LogP contribution in [0.3, 0.4) is 0 Å². The molecule has 4 heteroatoms. The van der Waals surface area contributed by atoms with E-state index in [0.717, 1.165) is 49.3 Å². The number of ether oxygens (including phenoxy) is 1. The Kier molecular flexibility index (Phi) is 4.99. The predicted molar refractivity (Wildman–Crippen MR) is 109 cm³/mol. The molecule has 1 amide bonds. The highest BCUT2D eigenvalue weighted by Crippen LogP contribution is 2.41. The largest absolute Gasteiger partial charge is 0.487 e. The standard InChI is InChI=1S/C23H26N2O2/c1-3-25(4-2)13-7-8-16-11-12-18-17(14-16)15-27-22(18)21-19-9-5-6-10-20(19)24-23(21)26/h5-6,9-12,14H,3-4,7-8,13,15H2,1-2H3,(H,24,26)/b22-21+. The van der Waals surface area contributed by atoms with Crippen molar-refractivity contribution < 1.29 is 9.53 Å². The van der Waals surface area contributed by atoms with Crippen molar-refractivity contribution >= 4 is 22.9 Å². The summed E-state index contributed by atoms with van der Waals surface area (Å²) in [5.41, 5.74) is 5.99. The van der Waals surface area contributed by atoms with Gasteiger partial charge in [-0.25, -0.2) is 0 Å². The van der Waals surface area contributed by atoms with E-state index in [-0.39, 0.29) is 5.91 Å². The summed E-state index contributed by atoms with van der Waals surface area (Å²) in [6.07, 6.45) is 2.23. The van der Waals surface area contributed by atoms with Crippen LogP contribution in [0.1, 0.15) is 42.5 Å². The number of benzene rings is 2. The lowest BCUT2D eigenvalue weighted by Crippen LogP contribution is -2.24. The molecule has 0 radical (unpaired) electrons. The Labute approximate surface area is 160 Å². The van der Waals surface area contributed by atoms with E-state index in [1.165, 1.54) is 11.1 Å². The summed E-state index contributed by atoms with van der Waals surface area (Å²) in [6, 6.07) is 14.3. The van der Waals surface area contributed by atoms with Crippen LogP contribution in [0.25, 0.3) is 11.3 Å². The van der Waals surface area contributed by atoms with E-state index in [9.17, 15) is 4.79 Å².